The number of pyridine rings is 1. The van der Waals surface area contributed by atoms with E-state index in [1.165, 1.54) is 12.8 Å². The van der Waals surface area contributed by atoms with Gasteiger partial charge in [0.1, 0.15) is 0 Å². The Bertz CT molecular complexity index is 458. The minimum Gasteiger partial charge on any atom is -0.329 e. The SMILES string of the molecule is NCC=CCc1c(CN2CCCC2)cc[nH]c1=O. The number of hydrogen-bond donors (Lipinski definition) is 2. The largest absolute Gasteiger partial charge is 0.329 e. The third-order valence-electron chi connectivity index (χ3n) is 3.38. The molecule has 3 N–H and O–H groups in total. The molecule has 2 heterocycles. The lowest BCUT2D eigenvalue weighted by atomic mass is 10.1. The fraction of sp³-hybridized carbons (Fsp3) is 0.500. The molecule has 0 aromatic carbocycles. The second-order valence-electron chi connectivity index (χ2n) is 4.71. The lowest BCUT2D eigenvalue weighted by Gasteiger charge is -2.16. The van der Waals surface area contributed by atoms with Crippen LogP contribution in [0.15, 0.2) is 29.2 Å². The second kappa shape index (κ2) is 6.52. The summed E-state index contributed by atoms with van der Waals surface area (Å²) in [4.78, 5) is 17.0. The lowest BCUT2D eigenvalue weighted by molar-refractivity contribution is 0.330. The Kier molecular flexibility index (Phi) is 4.73. The van der Waals surface area contributed by atoms with Gasteiger partial charge in [-0.2, -0.15) is 0 Å². The Labute approximate surface area is 108 Å². The highest BCUT2D eigenvalue weighted by atomic mass is 16.1. The Hall–Kier alpha value is -1.39. The number of hydrogen-bond acceptors (Lipinski definition) is 3. The number of allylic oxidation sites excluding steroid dienone is 1. The molecule has 2 rings (SSSR count). The first kappa shape index (κ1) is 13.1. The Morgan fingerprint density at radius 3 is 2.83 bits per heavy atom. The molecule has 0 spiro atoms. The van der Waals surface area contributed by atoms with Gasteiger partial charge in [0, 0.05) is 24.8 Å². The zero-order chi connectivity index (χ0) is 12.8. The van der Waals surface area contributed by atoms with Crippen molar-refractivity contribution in [2.45, 2.75) is 25.8 Å². The van der Waals surface area contributed by atoms with Crippen LogP contribution in [0.4, 0.5) is 0 Å². The Morgan fingerprint density at radius 1 is 1.33 bits per heavy atom. The molecule has 0 saturated carbocycles. The fourth-order valence-electron chi connectivity index (χ4n) is 2.40. The number of nitrogens with zero attached hydrogens (tertiary/aromatic N) is 1. The first-order valence-electron chi connectivity index (χ1n) is 6.58. The average molecular weight is 247 g/mol. The molecule has 4 heteroatoms. The van der Waals surface area contributed by atoms with E-state index < -0.39 is 0 Å². The number of nitrogens with one attached hydrogen (secondary N) is 1. The number of aromatic amines is 1. The van der Waals surface area contributed by atoms with Gasteiger partial charge in [0.05, 0.1) is 0 Å². The normalized spacial score (nSPS) is 16.7. The summed E-state index contributed by atoms with van der Waals surface area (Å²) in [6.45, 7) is 3.69. The van der Waals surface area contributed by atoms with Gasteiger partial charge in [0.2, 0.25) is 0 Å². The highest BCUT2D eigenvalue weighted by molar-refractivity contribution is 5.25. The molecule has 0 unspecified atom stereocenters. The maximum Gasteiger partial charge on any atom is 0.251 e. The highest BCUT2D eigenvalue weighted by Crippen LogP contribution is 2.14. The van der Waals surface area contributed by atoms with Gasteiger partial charge in [0.25, 0.3) is 5.56 Å². The van der Waals surface area contributed by atoms with E-state index >= 15 is 0 Å². The van der Waals surface area contributed by atoms with Gasteiger partial charge < -0.3 is 10.7 Å². The lowest BCUT2D eigenvalue weighted by Crippen LogP contribution is -2.22. The van der Waals surface area contributed by atoms with E-state index in [1.54, 1.807) is 6.20 Å². The Morgan fingerprint density at radius 2 is 2.11 bits per heavy atom. The number of H-pyrrole nitrogens is 1. The van der Waals surface area contributed by atoms with Crippen LogP contribution < -0.4 is 11.3 Å². The average Bonchev–Trinajstić information content (AvgIpc) is 2.86. The van der Waals surface area contributed by atoms with E-state index in [0.717, 1.165) is 30.8 Å². The molecule has 1 aliphatic rings. The van der Waals surface area contributed by atoms with Crippen molar-refractivity contribution in [2.24, 2.45) is 5.73 Å². The number of aromatic nitrogens is 1. The molecule has 0 atom stereocenters. The molecule has 0 radical (unpaired) electrons. The maximum atomic E-state index is 11.9. The molecule has 1 aromatic rings. The molecule has 1 saturated heterocycles. The van der Waals surface area contributed by atoms with Crippen LogP contribution in [0.5, 0.6) is 0 Å². The van der Waals surface area contributed by atoms with E-state index in [0.29, 0.717) is 13.0 Å². The summed E-state index contributed by atoms with van der Waals surface area (Å²) >= 11 is 0. The van der Waals surface area contributed by atoms with E-state index in [2.05, 4.69) is 9.88 Å². The van der Waals surface area contributed by atoms with Crippen molar-refractivity contribution in [1.29, 1.82) is 0 Å². The van der Waals surface area contributed by atoms with E-state index in [9.17, 15) is 4.79 Å². The van der Waals surface area contributed by atoms with E-state index in [-0.39, 0.29) is 5.56 Å². The molecule has 1 aliphatic heterocycles. The molecule has 1 aromatic heterocycles. The van der Waals surface area contributed by atoms with Crippen LogP contribution >= 0.6 is 0 Å². The van der Waals surface area contributed by atoms with Crippen LogP contribution in [0.25, 0.3) is 0 Å². The number of rotatable bonds is 5. The summed E-state index contributed by atoms with van der Waals surface area (Å²) in [5.74, 6) is 0. The topological polar surface area (TPSA) is 62.1 Å². The second-order valence-corrected chi connectivity index (χ2v) is 4.71. The third kappa shape index (κ3) is 3.31. The maximum absolute atomic E-state index is 11.9. The minimum absolute atomic E-state index is 0.0216. The van der Waals surface area contributed by atoms with E-state index in [1.807, 2.05) is 18.2 Å². The summed E-state index contributed by atoms with van der Waals surface area (Å²) < 4.78 is 0. The van der Waals surface area contributed by atoms with Crippen molar-refractivity contribution < 1.29 is 0 Å². The summed E-state index contributed by atoms with van der Waals surface area (Å²) in [5, 5.41) is 0. The van der Waals surface area contributed by atoms with Gasteiger partial charge >= 0.3 is 0 Å². The van der Waals surface area contributed by atoms with Crippen molar-refractivity contribution >= 4 is 0 Å². The summed E-state index contributed by atoms with van der Waals surface area (Å²) in [6, 6.07) is 2.02. The van der Waals surface area contributed by atoms with Crippen LogP contribution in [-0.2, 0) is 13.0 Å². The van der Waals surface area contributed by atoms with Gasteiger partial charge in [-0.15, -0.1) is 0 Å². The van der Waals surface area contributed by atoms with Gasteiger partial charge in [-0.25, -0.2) is 0 Å². The van der Waals surface area contributed by atoms with Gasteiger partial charge in [0.15, 0.2) is 0 Å². The zero-order valence-corrected chi connectivity index (χ0v) is 10.7. The monoisotopic (exact) mass is 247 g/mol. The molecule has 0 amide bonds. The van der Waals surface area contributed by atoms with Crippen LogP contribution in [0.2, 0.25) is 0 Å². The third-order valence-corrected chi connectivity index (χ3v) is 3.38. The van der Waals surface area contributed by atoms with Crippen molar-refractivity contribution in [3.63, 3.8) is 0 Å². The molecular formula is C14H21N3O. The standard InChI is InChI=1S/C14H21N3O/c15-7-2-1-5-13-12(6-8-16-14(13)18)11-17-9-3-4-10-17/h1-2,6,8H,3-5,7,9-11,15H2,(H,16,18). The summed E-state index contributed by atoms with van der Waals surface area (Å²) in [6.07, 6.45) is 8.81. The molecule has 4 nitrogen and oxygen atoms in total. The molecule has 1 fully saturated rings. The summed E-state index contributed by atoms with van der Waals surface area (Å²) in [5.41, 5.74) is 7.45. The van der Waals surface area contributed by atoms with Gasteiger partial charge in [-0.05, 0) is 44.0 Å². The Balaban J connectivity index is 2.14. The fourth-order valence-corrected chi connectivity index (χ4v) is 2.40. The molecule has 0 bridgehead atoms. The van der Waals surface area contributed by atoms with Crippen LogP contribution in [-0.4, -0.2) is 29.5 Å². The summed E-state index contributed by atoms with van der Waals surface area (Å²) in [7, 11) is 0. The van der Waals surface area contributed by atoms with Crippen molar-refractivity contribution in [1.82, 2.24) is 9.88 Å². The van der Waals surface area contributed by atoms with Gasteiger partial charge in [-0.1, -0.05) is 12.2 Å². The predicted octanol–water partition coefficient (Wildman–Crippen LogP) is 1.03. The van der Waals surface area contributed by atoms with Crippen LogP contribution in [0.3, 0.4) is 0 Å². The van der Waals surface area contributed by atoms with Crippen molar-refractivity contribution in [3.8, 4) is 0 Å². The molecule has 18 heavy (non-hydrogen) atoms. The van der Waals surface area contributed by atoms with Gasteiger partial charge in [-0.3, -0.25) is 9.69 Å². The van der Waals surface area contributed by atoms with Crippen LogP contribution in [0.1, 0.15) is 24.0 Å². The van der Waals surface area contributed by atoms with Crippen LogP contribution in [0, 0.1) is 0 Å². The number of nitrogens with two attached hydrogens (primary N) is 1. The van der Waals surface area contributed by atoms with Crippen molar-refractivity contribution in [3.05, 3.63) is 45.9 Å². The van der Waals surface area contributed by atoms with E-state index in [4.69, 9.17) is 5.73 Å². The predicted molar refractivity (Wildman–Crippen MR) is 73.5 cm³/mol. The molecular weight excluding hydrogens is 226 g/mol. The molecule has 0 aliphatic carbocycles. The first-order chi connectivity index (χ1) is 8.81. The first-order valence-corrected chi connectivity index (χ1v) is 6.58. The zero-order valence-electron chi connectivity index (χ0n) is 10.7. The van der Waals surface area contributed by atoms with Crippen molar-refractivity contribution in [2.75, 3.05) is 19.6 Å². The molecule has 98 valence electrons. The highest BCUT2D eigenvalue weighted by Gasteiger charge is 2.14. The number of likely N-dealkylation sites (tertiary alicyclic amines) is 1. The minimum atomic E-state index is 0.0216. The quantitative estimate of drug-likeness (QED) is 0.764. The smallest absolute Gasteiger partial charge is 0.251 e.